The second-order valence-electron chi connectivity index (χ2n) is 7.02. The molecule has 0 saturated heterocycles. The van der Waals surface area contributed by atoms with Gasteiger partial charge in [-0.15, -0.1) is 0 Å². The second-order valence-corrected chi connectivity index (χ2v) is 7.87. The van der Waals surface area contributed by atoms with Crippen molar-refractivity contribution in [2.45, 2.75) is 6.54 Å². The van der Waals surface area contributed by atoms with Crippen molar-refractivity contribution in [2.24, 2.45) is 0 Å². The van der Waals surface area contributed by atoms with Gasteiger partial charge in [-0.1, -0.05) is 65.7 Å². The number of hydrogen-bond acceptors (Lipinski definition) is 1. The minimum Gasteiger partial charge on any atom is -0.342 e. The number of hydrogen-bond donors (Lipinski definition) is 1. The summed E-state index contributed by atoms with van der Waals surface area (Å²) in [5, 5.41) is 5.27. The van der Waals surface area contributed by atoms with Crippen molar-refractivity contribution in [2.75, 3.05) is 5.32 Å². The number of carbonyl (C=O) groups excluding carboxylic acids is 1. The lowest BCUT2D eigenvalue weighted by Crippen LogP contribution is -2.03. The summed E-state index contributed by atoms with van der Waals surface area (Å²) in [7, 11) is 0. The molecule has 0 fully saturated rings. The van der Waals surface area contributed by atoms with E-state index in [1.807, 2.05) is 54.6 Å². The van der Waals surface area contributed by atoms with Gasteiger partial charge in [0.1, 0.15) is 0 Å². The molecule has 142 valence electrons. The molecule has 0 saturated carbocycles. The number of fused-ring (bicyclic) bond motifs is 2. The first-order chi connectivity index (χ1) is 14.1. The molecule has 3 nitrogen and oxygen atoms in total. The van der Waals surface area contributed by atoms with Crippen molar-refractivity contribution in [1.29, 1.82) is 0 Å². The first-order valence-corrected chi connectivity index (χ1v) is 10.00. The molecule has 0 unspecified atom stereocenters. The minimum absolute atomic E-state index is 0.0798. The molecule has 4 aromatic rings. The molecule has 0 bridgehead atoms. The first-order valence-electron chi connectivity index (χ1n) is 9.24. The predicted octanol–water partition coefficient (Wildman–Crippen LogP) is 6.49. The van der Waals surface area contributed by atoms with E-state index in [9.17, 15) is 4.79 Å². The molecule has 0 atom stereocenters. The number of benzene rings is 3. The van der Waals surface area contributed by atoms with Crippen LogP contribution in [0.25, 0.3) is 22.6 Å². The second kappa shape index (κ2) is 7.11. The lowest BCUT2D eigenvalue weighted by Gasteiger charge is -2.08. The molecule has 0 spiro atoms. The van der Waals surface area contributed by atoms with Crippen LogP contribution >= 0.6 is 23.2 Å². The average molecular weight is 419 g/mol. The van der Waals surface area contributed by atoms with E-state index in [0.717, 1.165) is 33.3 Å². The zero-order chi connectivity index (χ0) is 20.0. The molecular formula is C24H16Cl2N2O. The molecular weight excluding hydrogens is 403 g/mol. The number of para-hydroxylation sites is 2. The lowest BCUT2D eigenvalue weighted by atomic mass is 10.0. The van der Waals surface area contributed by atoms with Crippen LogP contribution in [-0.4, -0.2) is 10.5 Å². The summed E-state index contributed by atoms with van der Waals surface area (Å²) in [5.74, 6) is -0.0798. The summed E-state index contributed by atoms with van der Waals surface area (Å²) in [4.78, 5) is 12.5. The third-order valence-corrected chi connectivity index (χ3v) is 5.77. The molecule has 1 N–H and O–H groups in total. The van der Waals surface area contributed by atoms with Crippen LogP contribution in [0.4, 0.5) is 5.69 Å². The summed E-state index contributed by atoms with van der Waals surface area (Å²) < 4.78 is 2.15. The minimum atomic E-state index is -0.0798. The predicted molar refractivity (Wildman–Crippen MR) is 120 cm³/mol. The zero-order valence-electron chi connectivity index (χ0n) is 15.3. The van der Waals surface area contributed by atoms with E-state index in [4.69, 9.17) is 23.2 Å². The number of aromatic nitrogens is 1. The van der Waals surface area contributed by atoms with E-state index in [-0.39, 0.29) is 5.91 Å². The van der Waals surface area contributed by atoms with Gasteiger partial charge in [0.2, 0.25) is 0 Å². The smallest absolute Gasteiger partial charge is 0.256 e. The number of halogens is 2. The van der Waals surface area contributed by atoms with Crippen molar-refractivity contribution in [3.63, 3.8) is 0 Å². The standard InChI is InChI=1S/C24H16Cl2N2O/c25-17-10-9-15(21(26)12-17)13-28-14-16(18-5-2-4-8-23(18)28)11-20-19-6-1-3-7-22(19)27-24(20)29/h1-12,14H,13H2,(H,27,29). The van der Waals surface area contributed by atoms with Gasteiger partial charge < -0.3 is 9.88 Å². The lowest BCUT2D eigenvalue weighted by molar-refractivity contribution is -0.110. The average Bonchev–Trinajstić information content (AvgIpc) is 3.22. The first kappa shape index (κ1) is 18.0. The highest BCUT2D eigenvalue weighted by atomic mass is 35.5. The molecule has 1 amide bonds. The number of nitrogens with zero attached hydrogens (tertiary/aromatic N) is 1. The van der Waals surface area contributed by atoms with Crippen molar-refractivity contribution in [3.8, 4) is 0 Å². The maximum atomic E-state index is 12.5. The Kier molecular flexibility index (Phi) is 4.42. The summed E-state index contributed by atoms with van der Waals surface area (Å²) in [5.41, 5.74) is 5.51. The summed E-state index contributed by atoms with van der Waals surface area (Å²) >= 11 is 12.4. The zero-order valence-corrected chi connectivity index (χ0v) is 16.8. The number of rotatable bonds is 3. The van der Waals surface area contributed by atoms with Gasteiger partial charge in [-0.2, -0.15) is 0 Å². The van der Waals surface area contributed by atoms with Crippen molar-refractivity contribution >= 4 is 57.3 Å². The Balaban J connectivity index is 1.62. The number of carbonyl (C=O) groups is 1. The van der Waals surface area contributed by atoms with E-state index >= 15 is 0 Å². The Morgan fingerprint density at radius 1 is 0.966 bits per heavy atom. The Hall–Kier alpha value is -3.01. The third-order valence-electron chi connectivity index (χ3n) is 5.19. The highest BCUT2D eigenvalue weighted by Gasteiger charge is 2.24. The van der Waals surface area contributed by atoms with E-state index < -0.39 is 0 Å². The Bertz CT molecular complexity index is 1300. The molecule has 0 radical (unpaired) electrons. The highest BCUT2D eigenvalue weighted by molar-refractivity contribution is 6.35. The molecule has 1 aliphatic heterocycles. The van der Waals surface area contributed by atoms with Crippen molar-refractivity contribution in [3.05, 3.63) is 99.7 Å². The van der Waals surface area contributed by atoms with Crippen LogP contribution in [0.2, 0.25) is 10.0 Å². The number of amides is 1. The summed E-state index contributed by atoms with van der Waals surface area (Å²) in [6, 6.07) is 21.4. The van der Waals surface area contributed by atoms with E-state index in [1.54, 1.807) is 6.07 Å². The summed E-state index contributed by atoms with van der Waals surface area (Å²) in [6.45, 7) is 0.614. The van der Waals surface area contributed by atoms with Crippen LogP contribution in [0.3, 0.4) is 0 Å². The van der Waals surface area contributed by atoms with Gasteiger partial charge in [-0.3, -0.25) is 4.79 Å². The van der Waals surface area contributed by atoms with Crippen molar-refractivity contribution < 1.29 is 4.79 Å². The Morgan fingerprint density at radius 3 is 2.62 bits per heavy atom. The molecule has 5 heteroatoms. The van der Waals surface area contributed by atoms with Crippen LogP contribution in [0.15, 0.2) is 72.9 Å². The maximum absolute atomic E-state index is 12.5. The van der Waals surface area contributed by atoms with Gasteiger partial charge in [-0.05, 0) is 35.9 Å². The normalized spacial score (nSPS) is 14.4. The molecule has 5 rings (SSSR count). The molecule has 0 aliphatic carbocycles. The Morgan fingerprint density at radius 2 is 1.76 bits per heavy atom. The van der Waals surface area contributed by atoms with Crippen LogP contribution in [0, 0.1) is 0 Å². The van der Waals surface area contributed by atoms with Gasteiger partial charge in [0, 0.05) is 56.1 Å². The molecule has 1 aromatic heterocycles. The fourth-order valence-corrected chi connectivity index (χ4v) is 4.26. The molecule has 2 heterocycles. The molecule has 3 aromatic carbocycles. The molecule has 1 aliphatic rings. The largest absolute Gasteiger partial charge is 0.342 e. The number of anilines is 1. The fourth-order valence-electron chi connectivity index (χ4n) is 3.79. The fraction of sp³-hybridized carbons (Fsp3) is 0.0417. The van der Waals surface area contributed by atoms with Gasteiger partial charge in [0.25, 0.3) is 5.91 Å². The van der Waals surface area contributed by atoms with Crippen LogP contribution in [0.5, 0.6) is 0 Å². The maximum Gasteiger partial charge on any atom is 0.256 e. The quantitative estimate of drug-likeness (QED) is 0.379. The van der Waals surface area contributed by atoms with Gasteiger partial charge in [0.05, 0.1) is 0 Å². The van der Waals surface area contributed by atoms with E-state index in [1.165, 1.54) is 0 Å². The van der Waals surface area contributed by atoms with E-state index in [2.05, 4.69) is 28.2 Å². The Labute approximate surface area is 178 Å². The molecule has 29 heavy (non-hydrogen) atoms. The summed E-state index contributed by atoms with van der Waals surface area (Å²) in [6.07, 6.45) is 4.03. The van der Waals surface area contributed by atoms with Crippen LogP contribution in [-0.2, 0) is 11.3 Å². The third kappa shape index (κ3) is 3.23. The van der Waals surface area contributed by atoms with Gasteiger partial charge >= 0.3 is 0 Å². The van der Waals surface area contributed by atoms with Gasteiger partial charge in [-0.25, -0.2) is 0 Å². The van der Waals surface area contributed by atoms with E-state index in [0.29, 0.717) is 22.2 Å². The van der Waals surface area contributed by atoms with Crippen LogP contribution in [0.1, 0.15) is 16.7 Å². The van der Waals surface area contributed by atoms with Crippen LogP contribution < -0.4 is 5.32 Å². The van der Waals surface area contributed by atoms with Gasteiger partial charge in [0.15, 0.2) is 0 Å². The SMILES string of the molecule is O=C1Nc2ccccc2C1=Cc1cn(Cc2ccc(Cl)cc2Cl)c2ccccc12. The topological polar surface area (TPSA) is 34.0 Å². The monoisotopic (exact) mass is 418 g/mol. The highest BCUT2D eigenvalue weighted by Crippen LogP contribution is 2.34. The number of nitrogens with one attached hydrogen (secondary N) is 1. The van der Waals surface area contributed by atoms with Crippen molar-refractivity contribution in [1.82, 2.24) is 4.57 Å².